The van der Waals surface area contributed by atoms with Crippen LogP contribution in [0.15, 0.2) is 0 Å². The molecule has 1 fully saturated rings. The van der Waals surface area contributed by atoms with Gasteiger partial charge in [-0.2, -0.15) is 12.6 Å². The highest BCUT2D eigenvalue weighted by molar-refractivity contribution is 7.80. The minimum Gasteiger partial charge on any atom is -0.300 e. The minimum absolute atomic E-state index is 0.960. The summed E-state index contributed by atoms with van der Waals surface area (Å²) in [5.74, 6) is 1.06. The molecule has 1 rings (SSSR count). The van der Waals surface area contributed by atoms with Crippen molar-refractivity contribution in [2.45, 2.75) is 64.3 Å². The quantitative estimate of drug-likeness (QED) is 0.441. The molecule has 0 radical (unpaired) electrons. The van der Waals surface area contributed by atoms with Gasteiger partial charge in [0.2, 0.25) is 0 Å². The Morgan fingerprint density at radius 2 is 1.67 bits per heavy atom. The van der Waals surface area contributed by atoms with Crippen LogP contribution in [0.2, 0.25) is 0 Å². The summed E-state index contributed by atoms with van der Waals surface area (Å²) in [6, 6.07) is 0.960. The number of nitrogens with zero attached hydrogens (tertiary/aromatic N) is 1. The molecule has 0 aliphatic heterocycles. The summed E-state index contributed by atoms with van der Waals surface area (Å²) in [4.78, 5) is 2.73. The van der Waals surface area contributed by atoms with Crippen LogP contribution in [0.4, 0.5) is 0 Å². The fourth-order valence-electron chi connectivity index (χ4n) is 2.06. The molecule has 0 aromatic rings. The topological polar surface area (TPSA) is 3.24 Å². The molecule has 0 N–H and O–H groups in total. The number of thiol groups is 1. The maximum Gasteiger partial charge on any atom is 0.00964 e. The Bertz CT molecular complexity index is 145. The number of hydrogen-bond donors (Lipinski definition) is 1. The zero-order valence-corrected chi connectivity index (χ0v) is 11.1. The van der Waals surface area contributed by atoms with Gasteiger partial charge in [0.25, 0.3) is 0 Å². The van der Waals surface area contributed by atoms with E-state index < -0.39 is 0 Å². The standard InChI is InChI=1S/C13H27NS/c1-2-3-10-14(13-8-9-13)11-6-4-5-7-12-15/h13,15H,2-12H2,1H3. The normalized spacial score (nSPS) is 16.2. The Kier molecular flexibility index (Phi) is 7.54. The molecular formula is C13H27NS. The van der Waals surface area contributed by atoms with Gasteiger partial charge in [-0.1, -0.05) is 26.2 Å². The molecule has 0 atom stereocenters. The lowest BCUT2D eigenvalue weighted by Gasteiger charge is -2.21. The van der Waals surface area contributed by atoms with Crippen molar-refractivity contribution < 1.29 is 0 Å². The van der Waals surface area contributed by atoms with E-state index in [1.54, 1.807) is 0 Å². The van der Waals surface area contributed by atoms with Gasteiger partial charge in [-0.25, -0.2) is 0 Å². The molecule has 0 aromatic heterocycles. The van der Waals surface area contributed by atoms with E-state index in [9.17, 15) is 0 Å². The first-order valence-corrected chi connectivity index (χ1v) is 7.36. The molecule has 1 aliphatic carbocycles. The Hall–Kier alpha value is 0.310. The lowest BCUT2D eigenvalue weighted by atomic mass is 10.2. The van der Waals surface area contributed by atoms with E-state index >= 15 is 0 Å². The van der Waals surface area contributed by atoms with E-state index in [-0.39, 0.29) is 0 Å². The monoisotopic (exact) mass is 229 g/mol. The van der Waals surface area contributed by atoms with Crippen molar-refractivity contribution in [2.24, 2.45) is 0 Å². The first kappa shape index (κ1) is 13.4. The van der Waals surface area contributed by atoms with Crippen LogP contribution in [-0.2, 0) is 0 Å². The van der Waals surface area contributed by atoms with Crippen molar-refractivity contribution in [3.8, 4) is 0 Å². The molecule has 15 heavy (non-hydrogen) atoms. The first-order valence-electron chi connectivity index (χ1n) is 6.73. The highest BCUT2D eigenvalue weighted by Gasteiger charge is 2.27. The largest absolute Gasteiger partial charge is 0.300 e. The average Bonchev–Trinajstić information content (AvgIpc) is 3.06. The summed E-state index contributed by atoms with van der Waals surface area (Å²) in [5, 5.41) is 0. The Labute approximate surface area is 101 Å². The maximum absolute atomic E-state index is 4.24. The molecule has 1 saturated carbocycles. The molecule has 0 heterocycles. The SMILES string of the molecule is CCCCN(CCCCCCS)C1CC1. The van der Waals surface area contributed by atoms with Crippen LogP contribution in [0, 0.1) is 0 Å². The van der Waals surface area contributed by atoms with Crippen molar-refractivity contribution in [3.05, 3.63) is 0 Å². The first-order chi connectivity index (χ1) is 7.38. The van der Waals surface area contributed by atoms with Gasteiger partial charge < -0.3 is 4.90 Å². The van der Waals surface area contributed by atoms with Crippen molar-refractivity contribution in [1.82, 2.24) is 4.90 Å². The zero-order chi connectivity index (χ0) is 10.9. The maximum atomic E-state index is 4.24. The van der Waals surface area contributed by atoms with Crippen molar-refractivity contribution in [2.75, 3.05) is 18.8 Å². The van der Waals surface area contributed by atoms with E-state index in [1.807, 2.05) is 0 Å². The summed E-state index contributed by atoms with van der Waals surface area (Å²) in [7, 11) is 0. The molecule has 0 unspecified atom stereocenters. The molecule has 1 nitrogen and oxygen atoms in total. The molecular weight excluding hydrogens is 202 g/mol. The third kappa shape index (κ3) is 6.47. The van der Waals surface area contributed by atoms with E-state index in [1.165, 1.54) is 64.5 Å². The summed E-state index contributed by atoms with van der Waals surface area (Å²) in [5.41, 5.74) is 0. The van der Waals surface area contributed by atoms with Gasteiger partial charge in [0.1, 0.15) is 0 Å². The van der Waals surface area contributed by atoms with Gasteiger partial charge in [0.15, 0.2) is 0 Å². The summed E-state index contributed by atoms with van der Waals surface area (Å²) in [6.07, 6.45) is 11.1. The van der Waals surface area contributed by atoms with Crippen LogP contribution in [0.3, 0.4) is 0 Å². The number of hydrogen-bond acceptors (Lipinski definition) is 2. The summed E-state index contributed by atoms with van der Waals surface area (Å²) >= 11 is 4.24. The van der Waals surface area contributed by atoms with Crippen LogP contribution in [0.25, 0.3) is 0 Å². The Morgan fingerprint density at radius 3 is 2.27 bits per heavy atom. The highest BCUT2D eigenvalue weighted by atomic mass is 32.1. The Morgan fingerprint density at radius 1 is 1.00 bits per heavy atom. The van der Waals surface area contributed by atoms with E-state index in [0.29, 0.717) is 0 Å². The van der Waals surface area contributed by atoms with E-state index in [2.05, 4.69) is 24.5 Å². The lowest BCUT2D eigenvalue weighted by molar-refractivity contribution is 0.253. The van der Waals surface area contributed by atoms with E-state index in [0.717, 1.165) is 11.8 Å². The summed E-state index contributed by atoms with van der Waals surface area (Å²) in [6.45, 7) is 4.97. The summed E-state index contributed by atoms with van der Waals surface area (Å²) < 4.78 is 0. The van der Waals surface area contributed by atoms with Gasteiger partial charge in [0, 0.05) is 6.04 Å². The fourth-order valence-corrected chi connectivity index (χ4v) is 2.28. The number of unbranched alkanes of at least 4 members (excludes halogenated alkanes) is 4. The predicted octanol–water partition coefficient (Wildman–Crippen LogP) is 3.74. The molecule has 0 bridgehead atoms. The second kappa shape index (κ2) is 8.46. The van der Waals surface area contributed by atoms with Crippen LogP contribution in [0.1, 0.15) is 58.3 Å². The van der Waals surface area contributed by atoms with Gasteiger partial charge in [-0.05, 0) is 50.9 Å². The average molecular weight is 229 g/mol. The van der Waals surface area contributed by atoms with Crippen molar-refractivity contribution in [1.29, 1.82) is 0 Å². The van der Waals surface area contributed by atoms with Gasteiger partial charge >= 0.3 is 0 Å². The van der Waals surface area contributed by atoms with E-state index in [4.69, 9.17) is 0 Å². The molecule has 2 heteroatoms. The van der Waals surface area contributed by atoms with Crippen molar-refractivity contribution in [3.63, 3.8) is 0 Å². The number of rotatable bonds is 10. The van der Waals surface area contributed by atoms with Crippen LogP contribution in [0.5, 0.6) is 0 Å². The van der Waals surface area contributed by atoms with Gasteiger partial charge in [0.05, 0.1) is 0 Å². The molecule has 0 saturated heterocycles. The molecule has 0 aromatic carbocycles. The Balaban J connectivity index is 1.98. The lowest BCUT2D eigenvalue weighted by Crippen LogP contribution is -2.28. The van der Waals surface area contributed by atoms with Gasteiger partial charge in [-0.3, -0.25) is 0 Å². The van der Waals surface area contributed by atoms with Crippen molar-refractivity contribution >= 4 is 12.6 Å². The molecule has 0 amide bonds. The molecule has 0 spiro atoms. The smallest absolute Gasteiger partial charge is 0.00964 e. The van der Waals surface area contributed by atoms with Gasteiger partial charge in [-0.15, -0.1) is 0 Å². The zero-order valence-electron chi connectivity index (χ0n) is 10.2. The fraction of sp³-hybridized carbons (Fsp3) is 1.00. The second-order valence-electron chi connectivity index (χ2n) is 4.76. The third-order valence-corrected chi connectivity index (χ3v) is 3.53. The van der Waals surface area contributed by atoms with Crippen LogP contribution in [-0.4, -0.2) is 29.8 Å². The third-order valence-electron chi connectivity index (χ3n) is 3.22. The van der Waals surface area contributed by atoms with Crippen LogP contribution < -0.4 is 0 Å². The molecule has 1 aliphatic rings. The predicted molar refractivity (Wildman–Crippen MR) is 71.8 cm³/mol. The molecule has 90 valence electrons. The minimum atomic E-state index is 0.960. The van der Waals surface area contributed by atoms with Crippen LogP contribution >= 0.6 is 12.6 Å². The highest BCUT2D eigenvalue weighted by Crippen LogP contribution is 2.27. The second-order valence-corrected chi connectivity index (χ2v) is 5.21.